The van der Waals surface area contributed by atoms with E-state index in [0.717, 1.165) is 12.3 Å². The quantitative estimate of drug-likeness (QED) is 0.580. The minimum Gasteiger partial charge on any atom is -0.103 e. The topological polar surface area (TPSA) is 0 Å². The van der Waals surface area contributed by atoms with E-state index >= 15 is 0 Å². The van der Waals surface area contributed by atoms with Crippen molar-refractivity contribution < 1.29 is 0 Å². The van der Waals surface area contributed by atoms with Gasteiger partial charge in [0.2, 0.25) is 0 Å². The summed E-state index contributed by atoms with van der Waals surface area (Å²) < 4.78 is 0. The smallest absolute Gasteiger partial charge is 0.0172 e. The highest BCUT2D eigenvalue weighted by Gasteiger charge is 2.30. The van der Waals surface area contributed by atoms with Crippen molar-refractivity contribution >= 4 is 0 Å². The van der Waals surface area contributed by atoms with Crippen LogP contribution in [0, 0.1) is 17.8 Å². The first-order chi connectivity index (χ1) is 7.06. The van der Waals surface area contributed by atoms with Crippen LogP contribution in [0.4, 0.5) is 0 Å². The van der Waals surface area contributed by atoms with Crippen molar-refractivity contribution in [2.45, 2.75) is 39.5 Å². The lowest BCUT2D eigenvalue weighted by Gasteiger charge is -2.36. The van der Waals surface area contributed by atoms with Gasteiger partial charge in [-0.1, -0.05) is 30.4 Å². The summed E-state index contributed by atoms with van der Waals surface area (Å²) >= 11 is 0. The molecule has 0 nitrogen and oxygen atoms in total. The van der Waals surface area contributed by atoms with Gasteiger partial charge in [0.15, 0.2) is 0 Å². The molecule has 1 aliphatic rings. The third-order valence-corrected chi connectivity index (χ3v) is 3.79. The van der Waals surface area contributed by atoms with Crippen molar-refractivity contribution in [3.8, 4) is 0 Å². The van der Waals surface area contributed by atoms with Gasteiger partial charge in [0.05, 0.1) is 0 Å². The molecule has 15 heavy (non-hydrogen) atoms. The fourth-order valence-electron chi connectivity index (χ4n) is 2.78. The number of hydrogen-bond donors (Lipinski definition) is 0. The average molecular weight is 204 g/mol. The van der Waals surface area contributed by atoms with Crippen LogP contribution < -0.4 is 0 Å². The molecule has 0 bridgehead atoms. The Balaban J connectivity index is 2.68. The summed E-state index contributed by atoms with van der Waals surface area (Å²) in [6, 6.07) is 0. The van der Waals surface area contributed by atoms with Crippen molar-refractivity contribution in [3.63, 3.8) is 0 Å². The molecule has 0 heterocycles. The first kappa shape index (κ1) is 12.3. The molecular formula is C15H24. The standard InChI is InChI=1S/C15H24/c1-6-7-13-8-9-14(11(2)3)10-15(13)12(4)5/h6,13-15H,1-2,4,7-10H2,3,5H3. The average Bonchev–Trinajstić information content (AvgIpc) is 2.18. The highest BCUT2D eigenvalue weighted by atomic mass is 14.3. The van der Waals surface area contributed by atoms with Crippen LogP contribution in [-0.4, -0.2) is 0 Å². The van der Waals surface area contributed by atoms with Gasteiger partial charge in [-0.3, -0.25) is 0 Å². The zero-order valence-corrected chi connectivity index (χ0v) is 10.3. The fourth-order valence-corrected chi connectivity index (χ4v) is 2.78. The van der Waals surface area contributed by atoms with Gasteiger partial charge in [-0.25, -0.2) is 0 Å². The maximum absolute atomic E-state index is 4.14. The van der Waals surface area contributed by atoms with Crippen LogP contribution in [-0.2, 0) is 0 Å². The summed E-state index contributed by atoms with van der Waals surface area (Å²) in [6.45, 7) is 16.4. The van der Waals surface area contributed by atoms with Crippen LogP contribution in [0.1, 0.15) is 39.5 Å². The van der Waals surface area contributed by atoms with Gasteiger partial charge < -0.3 is 0 Å². The molecule has 0 N–H and O–H groups in total. The zero-order chi connectivity index (χ0) is 11.4. The van der Waals surface area contributed by atoms with E-state index in [0.29, 0.717) is 11.8 Å². The Morgan fingerprint density at radius 2 is 1.87 bits per heavy atom. The van der Waals surface area contributed by atoms with E-state index in [-0.39, 0.29) is 0 Å². The maximum atomic E-state index is 4.14. The summed E-state index contributed by atoms with van der Waals surface area (Å²) in [7, 11) is 0. The fraction of sp³-hybridized carbons (Fsp3) is 0.600. The van der Waals surface area contributed by atoms with Crippen molar-refractivity contribution in [1.82, 2.24) is 0 Å². The summed E-state index contributed by atoms with van der Waals surface area (Å²) in [5.41, 5.74) is 2.69. The molecule has 0 amide bonds. The molecular weight excluding hydrogens is 180 g/mol. The van der Waals surface area contributed by atoms with E-state index in [1.54, 1.807) is 0 Å². The molecule has 1 saturated carbocycles. The first-order valence-corrected chi connectivity index (χ1v) is 5.98. The first-order valence-electron chi connectivity index (χ1n) is 5.98. The molecule has 0 saturated heterocycles. The Morgan fingerprint density at radius 1 is 1.20 bits per heavy atom. The van der Waals surface area contributed by atoms with Gasteiger partial charge in [-0.15, -0.1) is 6.58 Å². The molecule has 84 valence electrons. The molecule has 0 aromatic carbocycles. The van der Waals surface area contributed by atoms with Crippen molar-refractivity contribution in [2.75, 3.05) is 0 Å². The van der Waals surface area contributed by atoms with Crippen molar-refractivity contribution in [3.05, 3.63) is 37.0 Å². The third kappa shape index (κ3) is 3.09. The molecule has 0 spiro atoms. The lowest BCUT2D eigenvalue weighted by molar-refractivity contribution is 0.229. The molecule has 3 unspecified atom stereocenters. The Hall–Kier alpha value is -0.780. The minimum atomic E-state index is 0.679. The summed E-state index contributed by atoms with van der Waals surface area (Å²) in [4.78, 5) is 0. The van der Waals surface area contributed by atoms with Crippen LogP contribution in [0.15, 0.2) is 37.0 Å². The summed E-state index contributed by atoms with van der Waals surface area (Å²) in [5.74, 6) is 2.17. The number of hydrogen-bond acceptors (Lipinski definition) is 0. The largest absolute Gasteiger partial charge is 0.103 e. The van der Waals surface area contributed by atoms with E-state index < -0.39 is 0 Å². The van der Waals surface area contributed by atoms with Crippen molar-refractivity contribution in [2.24, 2.45) is 17.8 Å². The Morgan fingerprint density at radius 3 is 2.33 bits per heavy atom. The normalized spacial score (nSPS) is 30.9. The Kier molecular flexibility index (Phi) is 4.38. The van der Waals surface area contributed by atoms with Crippen LogP contribution in [0.5, 0.6) is 0 Å². The second kappa shape index (κ2) is 5.34. The third-order valence-electron chi connectivity index (χ3n) is 3.79. The van der Waals surface area contributed by atoms with Crippen molar-refractivity contribution in [1.29, 1.82) is 0 Å². The molecule has 0 radical (unpaired) electrons. The lowest BCUT2D eigenvalue weighted by atomic mass is 9.69. The summed E-state index contributed by atoms with van der Waals surface area (Å²) in [6.07, 6.45) is 7.06. The molecule has 0 heteroatoms. The molecule has 0 aliphatic heterocycles. The SMILES string of the molecule is C=CCC1CCC(C(=C)C)CC1C(=C)C. The van der Waals surface area contributed by atoms with E-state index in [1.807, 2.05) is 0 Å². The predicted octanol–water partition coefficient (Wildman–Crippen LogP) is 4.75. The van der Waals surface area contributed by atoms with E-state index in [4.69, 9.17) is 0 Å². The number of allylic oxidation sites excluding steroid dienone is 3. The second-order valence-corrected chi connectivity index (χ2v) is 5.09. The van der Waals surface area contributed by atoms with Crippen LogP contribution in [0.3, 0.4) is 0 Å². The molecule has 1 fully saturated rings. The molecule has 3 atom stereocenters. The lowest BCUT2D eigenvalue weighted by Crippen LogP contribution is -2.25. The van der Waals surface area contributed by atoms with Gasteiger partial charge in [0.1, 0.15) is 0 Å². The molecule has 1 aliphatic carbocycles. The molecule has 0 aromatic rings. The second-order valence-electron chi connectivity index (χ2n) is 5.09. The van der Waals surface area contributed by atoms with E-state index in [1.165, 1.54) is 30.4 Å². The van der Waals surface area contributed by atoms with Gasteiger partial charge >= 0.3 is 0 Å². The van der Waals surface area contributed by atoms with Gasteiger partial charge in [0, 0.05) is 0 Å². The monoisotopic (exact) mass is 204 g/mol. The summed E-state index contributed by atoms with van der Waals surface area (Å²) in [5, 5.41) is 0. The van der Waals surface area contributed by atoms with Crippen LogP contribution in [0.25, 0.3) is 0 Å². The van der Waals surface area contributed by atoms with Crippen LogP contribution in [0.2, 0.25) is 0 Å². The minimum absolute atomic E-state index is 0.679. The van der Waals surface area contributed by atoms with Crippen LogP contribution >= 0.6 is 0 Å². The van der Waals surface area contributed by atoms with E-state index in [2.05, 4.69) is 39.7 Å². The highest BCUT2D eigenvalue weighted by molar-refractivity contribution is 5.08. The Bertz CT molecular complexity index is 259. The van der Waals surface area contributed by atoms with Gasteiger partial charge in [-0.2, -0.15) is 0 Å². The zero-order valence-electron chi connectivity index (χ0n) is 10.3. The predicted molar refractivity (Wildman–Crippen MR) is 68.8 cm³/mol. The van der Waals surface area contributed by atoms with E-state index in [9.17, 15) is 0 Å². The number of rotatable bonds is 4. The van der Waals surface area contributed by atoms with Gasteiger partial charge in [-0.05, 0) is 57.3 Å². The maximum Gasteiger partial charge on any atom is -0.0172 e. The Labute approximate surface area is 94.8 Å². The highest BCUT2D eigenvalue weighted by Crippen LogP contribution is 2.41. The molecule has 1 rings (SSSR count). The van der Waals surface area contributed by atoms with Gasteiger partial charge in [0.25, 0.3) is 0 Å². The molecule has 0 aromatic heterocycles.